The van der Waals surface area contributed by atoms with E-state index in [-0.39, 0.29) is 5.57 Å². The molecule has 0 fully saturated rings. The monoisotopic (exact) mass is 228 g/mol. The third-order valence-electron chi connectivity index (χ3n) is 2.36. The molecule has 0 aliphatic carbocycles. The maximum atomic E-state index is 11.2. The van der Waals surface area contributed by atoms with Gasteiger partial charge < -0.3 is 9.52 Å². The Morgan fingerprint density at radius 1 is 1.18 bits per heavy atom. The van der Waals surface area contributed by atoms with Gasteiger partial charge in [0.1, 0.15) is 11.5 Å². The summed E-state index contributed by atoms with van der Waals surface area (Å²) >= 11 is 0. The minimum Gasteiger partial charge on any atom is -0.478 e. The number of benzene rings is 1. The lowest BCUT2D eigenvalue weighted by molar-refractivity contribution is -0.130. The Kier molecular flexibility index (Phi) is 3.10. The number of aliphatic carboxylic acids is 1. The van der Waals surface area contributed by atoms with Gasteiger partial charge in [-0.3, -0.25) is 0 Å². The van der Waals surface area contributed by atoms with Crippen LogP contribution in [0.3, 0.4) is 0 Å². The van der Waals surface area contributed by atoms with Crippen molar-refractivity contribution in [3.63, 3.8) is 0 Å². The Morgan fingerprint density at radius 2 is 1.88 bits per heavy atom. The third-order valence-corrected chi connectivity index (χ3v) is 2.36. The number of aryl methyl sites for hydroxylation is 1. The van der Waals surface area contributed by atoms with Crippen LogP contribution in [0.15, 0.2) is 46.9 Å². The van der Waals surface area contributed by atoms with Gasteiger partial charge >= 0.3 is 5.97 Å². The zero-order valence-electron chi connectivity index (χ0n) is 9.38. The minimum absolute atomic E-state index is 0.222. The fourth-order valence-electron chi connectivity index (χ4n) is 1.56. The molecule has 0 saturated heterocycles. The summed E-state index contributed by atoms with van der Waals surface area (Å²) in [5.74, 6) is 0.336. The molecule has 0 aliphatic heterocycles. The van der Waals surface area contributed by atoms with Crippen LogP contribution in [0, 0.1) is 6.92 Å². The quantitative estimate of drug-likeness (QED) is 0.820. The van der Waals surface area contributed by atoms with Crippen molar-refractivity contribution >= 4 is 17.6 Å². The van der Waals surface area contributed by atoms with Crippen LogP contribution in [-0.4, -0.2) is 11.1 Å². The summed E-state index contributed by atoms with van der Waals surface area (Å²) in [5, 5.41) is 9.18. The molecule has 1 aromatic carbocycles. The van der Waals surface area contributed by atoms with Crippen LogP contribution >= 0.6 is 0 Å². The molecule has 0 unspecified atom stereocenters. The number of carboxylic acid groups (broad SMARTS) is 1. The highest BCUT2D eigenvalue weighted by molar-refractivity contribution is 6.20. The number of hydrogen-bond donors (Lipinski definition) is 1. The van der Waals surface area contributed by atoms with Gasteiger partial charge in [0.2, 0.25) is 0 Å². The maximum Gasteiger partial charge on any atom is 0.336 e. The predicted molar refractivity (Wildman–Crippen MR) is 65.4 cm³/mol. The summed E-state index contributed by atoms with van der Waals surface area (Å²) in [6.45, 7) is 1.82. The van der Waals surface area contributed by atoms with E-state index in [0.29, 0.717) is 11.3 Å². The number of hydrogen-bond acceptors (Lipinski definition) is 2. The summed E-state index contributed by atoms with van der Waals surface area (Å²) in [5.41, 5.74) is 0.883. The molecular formula is C14H12O3. The number of furan rings is 1. The van der Waals surface area contributed by atoms with Gasteiger partial charge in [0.15, 0.2) is 0 Å². The Bertz CT molecular complexity index is 550. The van der Waals surface area contributed by atoms with Gasteiger partial charge in [-0.15, -0.1) is 0 Å². The van der Waals surface area contributed by atoms with E-state index in [1.165, 1.54) is 6.08 Å². The maximum absolute atomic E-state index is 11.2. The van der Waals surface area contributed by atoms with Gasteiger partial charge in [-0.25, -0.2) is 4.79 Å². The van der Waals surface area contributed by atoms with Crippen molar-refractivity contribution in [3.05, 3.63) is 59.5 Å². The molecule has 0 saturated carbocycles. The Morgan fingerprint density at radius 3 is 2.41 bits per heavy atom. The minimum atomic E-state index is -0.967. The van der Waals surface area contributed by atoms with Crippen molar-refractivity contribution in [2.45, 2.75) is 6.92 Å². The van der Waals surface area contributed by atoms with Crippen molar-refractivity contribution in [2.24, 2.45) is 0 Å². The number of carbonyl (C=O) groups is 1. The fourth-order valence-corrected chi connectivity index (χ4v) is 1.56. The molecule has 0 bridgehead atoms. The first kappa shape index (κ1) is 11.2. The van der Waals surface area contributed by atoms with E-state index < -0.39 is 5.97 Å². The second-order valence-electron chi connectivity index (χ2n) is 3.68. The molecule has 3 heteroatoms. The molecule has 1 aromatic heterocycles. The van der Waals surface area contributed by atoms with Crippen molar-refractivity contribution in [2.75, 3.05) is 0 Å². The number of rotatable bonds is 3. The smallest absolute Gasteiger partial charge is 0.336 e. The highest BCUT2D eigenvalue weighted by Gasteiger charge is 2.10. The molecule has 2 rings (SSSR count). The number of carboxylic acids is 1. The van der Waals surface area contributed by atoms with Crippen LogP contribution in [0.1, 0.15) is 17.1 Å². The van der Waals surface area contributed by atoms with Gasteiger partial charge in [0, 0.05) is 0 Å². The normalized spacial score (nSPS) is 11.5. The molecular weight excluding hydrogens is 216 g/mol. The van der Waals surface area contributed by atoms with Crippen molar-refractivity contribution < 1.29 is 14.3 Å². The molecule has 17 heavy (non-hydrogen) atoms. The summed E-state index contributed by atoms with van der Waals surface area (Å²) in [4.78, 5) is 11.2. The van der Waals surface area contributed by atoms with Crippen molar-refractivity contribution in [1.29, 1.82) is 0 Å². The highest BCUT2D eigenvalue weighted by atomic mass is 16.4. The van der Waals surface area contributed by atoms with E-state index in [1.807, 2.05) is 13.0 Å². The summed E-state index contributed by atoms with van der Waals surface area (Å²) in [6.07, 6.45) is 1.53. The van der Waals surface area contributed by atoms with Crippen molar-refractivity contribution in [3.8, 4) is 0 Å². The second-order valence-corrected chi connectivity index (χ2v) is 3.68. The third kappa shape index (κ3) is 2.64. The van der Waals surface area contributed by atoms with Gasteiger partial charge in [-0.1, -0.05) is 30.3 Å². The van der Waals surface area contributed by atoms with Gasteiger partial charge in [0.05, 0.1) is 5.57 Å². The van der Waals surface area contributed by atoms with Gasteiger partial charge in [-0.2, -0.15) is 0 Å². The Labute approximate surface area is 99.0 Å². The SMILES string of the molecule is Cc1ccc(/C=C(/C(=O)O)c2ccccc2)o1. The van der Waals surface area contributed by atoms with Crippen molar-refractivity contribution in [1.82, 2.24) is 0 Å². The van der Waals surface area contributed by atoms with Crippen LogP contribution in [0.25, 0.3) is 11.6 Å². The molecule has 1 N–H and O–H groups in total. The summed E-state index contributed by atoms with van der Waals surface area (Å²) in [7, 11) is 0. The largest absolute Gasteiger partial charge is 0.478 e. The Hall–Kier alpha value is -2.29. The molecule has 0 radical (unpaired) electrons. The lowest BCUT2D eigenvalue weighted by Crippen LogP contribution is -1.99. The van der Waals surface area contributed by atoms with Crippen LogP contribution in [-0.2, 0) is 4.79 Å². The predicted octanol–water partition coefficient (Wildman–Crippen LogP) is 3.21. The van der Waals surface area contributed by atoms with E-state index >= 15 is 0 Å². The molecule has 0 spiro atoms. The summed E-state index contributed by atoms with van der Waals surface area (Å²) < 4.78 is 5.35. The zero-order valence-corrected chi connectivity index (χ0v) is 9.38. The lowest BCUT2D eigenvalue weighted by Gasteiger charge is -2.01. The first-order valence-electron chi connectivity index (χ1n) is 5.23. The van der Waals surface area contributed by atoms with E-state index in [0.717, 1.165) is 5.76 Å². The molecule has 3 nitrogen and oxygen atoms in total. The zero-order chi connectivity index (χ0) is 12.3. The molecule has 0 aliphatic rings. The highest BCUT2D eigenvalue weighted by Crippen LogP contribution is 2.19. The van der Waals surface area contributed by atoms with Crippen LogP contribution < -0.4 is 0 Å². The lowest BCUT2D eigenvalue weighted by atomic mass is 10.1. The summed E-state index contributed by atoms with van der Waals surface area (Å²) in [6, 6.07) is 12.5. The molecule has 1 heterocycles. The van der Waals surface area contributed by atoms with E-state index in [2.05, 4.69) is 0 Å². The first-order valence-corrected chi connectivity index (χ1v) is 5.23. The second kappa shape index (κ2) is 4.70. The first-order chi connectivity index (χ1) is 8.16. The molecule has 0 amide bonds. The molecule has 0 atom stereocenters. The van der Waals surface area contributed by atoms with Crippen LogP contribution in [0.2, 0.25) is 0 Å². The average molecular weight is 228 g/mol. The van der Waals surface area contributed by atoms with E-state index in [9.17, 15) is 9.90 Å². The van der Waals surface area contributed by atoms with Gasteiger partial charge in [-0.05, 0) is 30.7 Å². The standard InChI is InChI=1S/C14H12O3/c1-10-7-8-12(17-10)9-13(14(15)16)11-5-3-2-4-6-11/h2-9H,1H3,(H,15,16)/b13-9+. The van der Waals surface area contributed by atoms with E-state index in [4.69, 9.17) is 4.42 Å². The Balaban J connectivity index is 2.43. The average Bonchev–Trinajstić information content (AvgIpc) is 2.73. The van der Waals surface area contributed by atoms with Gasteiger partial charge in [0.25, 0.3) is 0 Å². The fraction of sp³-hybridized carbons (Fsp3) is 0.0714. The van der Waals surface area contributed by atoms with Crippen LogP contribution in [0.5, 0.6) is 0 Å². The molecule has 2 aromatic rings. The van der Waals surface area contributed by atoms with Crippen LogP contribution in [0.4, 0.5) is 0 Å². The van der Waals surface area contributed by atoms with E-state index in [1.54, 1.807) is 36.4 Å². The topological polar surface area (TPSA) is 50.4 Å². The molecule has 86 valence electrons.